The quantitative estimate of drug-likeness (QED) is 0.762. The first kappa shape index (κ1) is 21.0. The topological polar surface area (TPSA) is 87.8 Å². The van der Waals surface area contributed by atoms with Crippen molar-refractivity contribution in [3.8, 4) is 0 Å². The minimum absolute atomic E-state index is 0.0493. The van der Waals surface area contributed by atoms with Crippen LogP contribution in [0.15, 0.2) is 34.7 Å². The number of carbonyl (C=O) groups excluding carboxylic acids is 1. The highest BCUT2D eigenvalue weighted by Gasteiger charge is 2.25. The van der Waals surface area contributed by atoms with Gasteiger partial charge in [0.25, 0.3) is 0 Å². The van der Waals surface area contributed by atoms with Gasteiger partial charge in [-0.2, -0.15) is 0 Å². The molecule has 7 heteroatoms. The van der Waals surface area contributed by atoms with Crippen molar-refractivity contribution in [1.29, 1.82) is 0 Å². The van der Waals surface area contributed by atoms with Gasteiger partial charge >= 0.3 is 6.03 Å². The van der Waals surface area contributed by atoms with Crippen molar-refractivity contribution in [1.82, 2.24) is 4.90 Å². The largest absolute Gasteiger partial charge is 0.354 e. The van der Waals surface area contributed by atoms with Gasteiger partial charge in [0.15, 0.2) is 0 Å². The molecule has 0 radical (unpaired) electrons. The Hall–Kier alpha value is -2.22. The van der Waals surface area contributed by atoms with Crippen LogP contribution in [0.5, 0.6) is 0 Å². The average Bonchev–Trinajstić information content (AvgIpc) is 3.31. The Kier molecular flexibility index (Phi) is 5.95. The Morgan fingerprint density at radius 3 is 2.17 bits per heavy atom. The second kappa shape index (κ2) is 8.49. The molecule has 1 atom stereocenters. The lowest BCUT2D eigenvalue weighted by atomic mass is 9.99. The van der Waals surface area contributed by atoms with Crippen LogP contribution < -0.4 is 10.5 Å². The maximum Gasteiger partial charge on any atom is 0.354 e. The van der Waals surface area contributed by atoms with E-state index in [1.807, 2.05) is 38.4 Å². The number of rotatable bonds is 5. The molecular weight excluding hydrogens is 396 g/mol. The number of nitrogens with two attached hydrogens (primary N) is 1. The van der Waals surface area contributed by atoms with Gasteiger partial charge in [0.1, 0.15) is 9.92 Å². The molecule has 0 bridgehead atoms. The van der Waals surface area contributed by atoms with Gasteiger partial charge in [-0.05, 0) is 86.0 Å². The van der Waals surface area contributed by atoms with Crippen LogP contribution in [0.3, 0.4) is 0 Å². The fourth-order valence-electron chi connectivity index (χ4n) is 4.61. The number of aryl methyl sites for hydroxylation is 2. The van der Waals surface area contributed by atoms with Gasteiger partial charge in [-0.15, -0.1) is 4.36 Å². The molecular formula is C23H30N4O2S. The number of nitrogens with one attached hydrogen (secondary N) is 1. The molecule has 2 aliphatic rings. The van der Waals surface area contributed by atoms with Gasteiger partial charge in [0.2, 0.25) is 0 Å². The molecule has 0 aliphatic heterocycles. The predicted molar refractivity (Wildman–Crippen MR) is 122 cm³/mol. The Morgan fingerprint density at radius 2 is 1.60 bits per heavy atom. The van der Waals surface area contributed by atoms with Crippen molar-refractivity contribution in [3.63, 3.8) is 0 Å². The first-order valence-electron chi connectivity index (χ1n) is 10.5. The number of nitrogens with zero attached hydrogens (tertiary/aromatic N) is 2. The van der Waals surface area contributed by atoms with Crippen LogP contribution >= 0.6 is 0 Å². The van der Waals surface area contributed by atoms with Crippen LogP contribution in [-0.4, -0.2) is 29.2 Å². The molecule has 0 spiro atoms. The number of hydrogen-bond acceptors (Lipinski definition) is 3. The maximum atomic E-state index is 12.8. The third kappa shape index (κ3) is 4.74. The molecule has 3 N–H and O–H groups in total. The predicted octanol–water partition coefficient (Wildman–Crippen LogP) is 3.80. The van der Waals surface area contributed by atoms with Gasteiger partial charge in [-0.25, -0.2) is 14.1 Å². The van der Waals surface area contributed by atoms with Crippen LogP contribution in [-0.2, 0) is 47.9 Å². The molecule has 2 aromatic carbocycles. The lowest BCUT2D eigenvalue weighted by Crippen LogP contribution is -2.20. The highest BCUT2D eigenvalue weighted by molar-refractivity contribution is 7.90. The third-order valence-electron chi connectivity index (χ3n) is 5.84. The lowest BCUT2D eigenvalue weighted by Gasteiger charge is -2.15. The molecule has 0 saturated heterocycles. The fraction of sp³-hybridized carbons (Fsp3) is 0.435. The van der Waals surface area contributed by atoms with Gasteiger partial charge < -0.3 is 10.2 Å². The smallest absolute Gasteiger partial charge is 0.305 e. The van der Waals surface area contributed by atoms with E-state index < -0.39 is 15.9 Å². The van der Waals surface area contributed by atoms with Crippen molar-refractivity contribution in [3.05, 3.63) is 63.7 Å². The zero-order valence-corrected chi connectivity index (χ0v) is 18.6. The highest BCUT2D eigenvalue weighted by atomic mass is 32.2. The normalized spacial score (nSPS) is 16.8. The van der Waals surface area contributed by atoms with E-state index in [9.17, 15) is 9.00 Å². The van der Waals surface area contributed by atoms with E-state index >= 15 is 0 Å². The Balaban J connectivity index is 1.51. The molecule has 0 fully saturated rings. The zero-order chi connectivity index (χ0) is 21.3. The summed E-state index contributed by atoms with van der Waals surface area (Å²) in [7, 11) is 0.854. The molecule has 4 rings (SSSR count). The van der Waals surface area contributed by atoms with E-state index in [-0.39, 0.29) is 5.75 Å². The third-order valence-corrected chi connectivity index (χ3v) is 7.06. The number of urea groups is 1. The van der Waals surface area contributed by atoms with Crippen LogP contribution in [0.2, 0.25) is 0 Å². The summed E-state index contributed by atoms with van der Waals surface area (Å²) in [5.41, 5.74) is 7.97. The van der Waals surface area contributed by atoms with Crippen LogP contribution in [0.25, 0.3) is 0 Å². The first-order valence-corrected chi connectivity index (χ1v) is 12.3. The van der Waals surface area contributed by atoms with Crippen LogP contribution in [0.1, 0.15) is 46.2 Å². The van der Waals surface area contributed by atoms with Crippen LogP contribution in [0, 0.1) is 0 Å². The number of fused-ring (bicyclic) bond motifs is 2. The van der Waals surface area contributed by atoms with Crippen LogP contribution in [0.4, 0.5) is 10.5 Å². The summed E-state index contributed by atoms with van der Waals surface area (Å²) in [5.74, 6) is 0.0493. The minimum atomic E-state index is -3.17. The van der Waals surface area contributed by atoms with E-state index in [4.69, 9.17) is 5.14 Å². The number of anilines is 1. The summed E-state index contributed by atoms with van der Waals surface area (Å²) in [5, 5.41) is 8.88. The second-order valence-corrected chi connectivity index (χ2v) is 10.5. The Bertz CT molecular complexity index is 1050. The number of carbonyl (C=O) groups is 1. The second-order valence-electron chi connectivity index (χ2n) is 8.64. The Morgan fingerprint density at radius 1 is 1.03 bits per heavy atom. The van der Waals surface area contributed by atoms with Crippen molar-refractivity contribution < 1.29 is 9.00 Å². The maximum absolute atomic E-state index is 12.8. The van der Waals surface area contributed by atoms with Gasteiger partial charge in [0.05, 0.1) is 5.75 Å². The molecule has 2 amide bonds. The summed E-state index contributed by atoms with van der Waals surface area (Å²) in [6.07, 6.45) is 6.26. The van der Waals surface area contributed by atoms with Crippen molar-refractivity contribution in [2.75, 3.05) is 19.4 Å². The fourth-order valence-corrected chi connectivity index (χ4v) is 5.68. The van der Waals surface area contributed by atoms with Crippen molar-refractivity contribution >= 4 is 21.6 Å². The summed E-state index contributed by atoms with van der Waals surface area (Å²) in [6.45, 7) is 0.830. The van der Waals surface area contributed by atoms with E-state index in [1.54, 1.807) is 0 Å². The first-order chi connectivity index (χ1) is 14.3. The van der Waals surface area contributed by atoms with Crippen molar-refractivity contribution in [2.45, 2.75) is 50.8 Å². The van der Waals surface area contributed by atoms with Gasteiger partial charge in [0, 0.05) is 12.2 Å². The summed E-state index contributed by atoms with van der Waals surface area (Å²) in [4.78, 5) is 14.7. The lowest BCUT2D eigenvalue weighted by molar-refractivity contribution is 0.260. The number of hydrogen-bond donors (Lipinski definition) is 2. The molecule has 0 aromatic heterocycles. The molecule has 160 valence electrons. The van der Waals surface area contributed by atoms with Gasteiger partial charge in [-0.3, -0.25) is 0 Å². The molecule has 0 saturated carbocycles. The zero-order valence-electron chi connectivity index (χ0n) is 17.7. The highest BCUT2D eigenvalue weighted by Crippen LogP contribution is 2.38. The van der Waals surface area contributed by atoms with Gasteiger partial charge in [-0.1, -0.05) is 30.3 Å². The Labute approximate surface area is 179 Å². The molecule has 2 aromatic rings. The molecule has 0 heterocycles. The summed E-state index contributed by atoms with van der Waals surface area (Å²) < 4.78 is 16.7. The SMILES string of the molecule is CN(C)Cc1ccc(CS(N)(=O)=NC(=O)Nc2c3c(cc4c2CCC4)CCC3)cc1. The standard InChI is InChI=1S/C23H30N4O2S/c1-27(2)14-16-9-11-17(12-10-16)15-30(24,29)26-23(28)25-22-20-7-3-5-18(20)13-19-6-4-8-21(19)22/h9-13H,3-8,14-15H2,1-2H3,(H3,24,25,26,28,29). The van der Waals surface area contributed by atoms with E-state index in [0.29, 0.717) is 0 Å². The average molecular weight is 427 g/mol. The molecule has 2 aliphatic carbocycles. The van der Waals surface area contributed by atoms with E-state index in [2.05, 4.69) is 20.6 Å². The molecule has 30 heavy (non-hydrogen) atoms. The molecule has 1 unspecified atom stereocenters. The molecule has 6 nitrogen and oxygen atoms in total. The van der Waals surface area contributed by atoms with E-state index in [0.717, 1.165) is 61.9 Å². The monoisotopic (exact) mass is 426 g/mol. The number of amides is 2. The van der Waals surface area contributed by atoms with Crippen molar-refractivity contribution in [2.24, 2.45) is 9.50 Å². The summed E-state index contributed by atoms with van der Waals surface area (Å²) >= 11 is 0. The summed E-state index contributed by atoms with van der Waals surface area (Å²) in [6, 6.07) is 9.47. The number of benzene rings is 2. The minimum Gasteiger partial charge on any atom is -0.305 e. The van der Waals surface area contributed by atoms with E-state index in [1.165, 1.54) is 22.3 Å².